The van der Waals surface area contributed by atoms with E-state index >= 15 is 0 Å². The Morgan fingerprint density at radius 2 is 1.62 bits per heavy atom. The number of carbonyl (C=O) groups is 1. The summed E-state index contributed by atoms with van der Waals surface area (Å²) in [6.45, 7) is 0.552. The summed E-state index contributed by atoms with van der Waals surface area (Å²) in [4.78, 5) is 11.6. The maximum absolute atomic E-state index is 11.6. The van der Waals surface area contributed by atoms with Gasteiger partial charge in [-0.2, -0.15) is 0 Å². The van der Waals surface area contributed by atoms with E-state index in [0.29, 0.717) is 17.5 Å². The predicted molar refractivity (Wildman–Crippen MR) is 101 cm³/mol. The molecule has 24 heavy (non-hydrogen) atoms. The Morgan fingerprint density at radius 3 is 2.25 bits per heavy atom. The maximum Gasteiger partial charge on any atom is 0.173 e. The summed E-state index contributed by atoms with van der Waals surface area (Å²) in [5, 5.41) is 0.348. The first-order chi connectivity index (χ1) is 11.8. The number of hydrogen-bond donors (Lipinski definition) is 0. The van der Waals surface area contributed by atoms with Crippen molar-refractivity contribution in [3.8, 4) is 5.75 Å². The van der Waals surface area contributed by atoms with Crippen LogP contribution in [0.15, 0.2) is 48.5 Å². The van der Waals surface area contributed by atoms with Crippen molar-refractivity contribution in [2.24, 2.45) is 0 Å². The number of Topliss-reactive ketones (excluding diaryl/α,β-unsaturated/α-hetero) is 1. The Hall–Kier alpha value is -1.61. The summed E-state index contributed by atoms with van der Waals surface area (Å²) in [6.07, 6.45) is 6.78. The van der Waals surface area contributed by atoms with Crippen LogP contribution in [0.2, 0.25) is 0 Å². The minimum Gasteiger partial charge on any atom is -0.489 e. The fraction of sp³-hybridized carbons (Fsp3) is 0.381. The van der Waals surface area contributed by atoms with Gasteiger partial charge in [-0.15, -0.1) is 0 Å². The first-order valence-electron chi connectivity index (χ1n) is 8.67. The molecule has 0 radical (unpaired) electrons. The van der Waals surface area contributed by atoms with Gasteiger partial charge in [-0.3, -0.25) is 4.79 Å². The molecule has 0 amide bonds. The Morgan fingerprint density at radius 1 is 0.958 bits per heavy atom. The number of halogens is 1. The van der Waals surface area contributed by atoms with Crippen LogP contribution >= 0.6 is 15.9 Å². The molecule has 0 N–H and O–H groups in total. The molecule has 0 spiro atoms. The molecule has 0 atom stereocenters. The highest BCUT2D eigenvalue weighted by atomic mass is 79.9. The number of carbonyl (C=O) groups excluding carboxylic acids is 1. The molecule has 3 heteroatoms. The monoisotopic (exact) mass is 386 g/mol. The molecule has 1 fully saturated rings. The molecule has 3 rings (SSSR count). The van der Waals surface area contributed by atoms with Gasteiger partial charge in [-0.25, -0.2) is 0 Å². The zero-order valence-electron chi connectivity index (χ0n) is 13.8. The molecular weight excluding hydrogens is 364 g/mol. The van der Waals surface area contributed by atoms with Crippen molar-refractivity contribution in [3.63, 3.8) is 0 Å². The van der Waals surface area contributed by atoms with E-state index in [-0.39, 0.29) is 5.78 Å². The number of alkyl halides is 1. The summed E-state index contributed by atoms with van der Waals surface area (Å²) in [7, 11) is 0. The number of benzene rings is 2. The SMILES string of the molecule is O=C(CBr)c1ccc(OCc2ccc(C3CCCCC3)cc2)cc1. The Bertz CT molecular complexity index is 655. The van der Waals surface area contributed by atoms with Gasteiger partial charge < -0.3 is 4.74 Å². The van der Waals surface area contributed by atoms with E-state index in [2.05, 4.69) is 40.2 Å². The predicted octanol–water partition coefficient (Wildman–Crippen LogP) is 5.89. The largest absolute Gasteiger partial charge is 0.489 e. The lowest BCUT2D eigenvalue weighted by molar-refractivity contribution is 0.102. The topological polar surface area (TPSA) is 26.3 Å². The number of rotatable bonds is 6. The van der Waals surface area contributed by atoms with E-state index < -0.39 is 0 Å². The number of ketones is 1. The lowest BCUT2D eigenvalue weighted by atomic mass is 9.84. The minimum absolute atomic E-state index is 0.0832. The van der Waals surface area contributed by atoms with Crippen molar-refractivity contribution in [1.29, 1.82) is 0 Å². The van der Waals surface area contributed by atoms with Crippen molar-refractivity contribution in [1.82, 2.24) is 0 Å². The van der Waals surface area contributed by atoms with Gasteiger partial charge in [0.2, 0.25) is 0 Å². The summed E-state index contributed by atoms with van der Waals surface area (Å²) < 4.78 is 5.82. The van der Waals surface area contributed by atoms with Crippen molar-refractivity contribution in [2.45, 2.75) is 44.6 Å². The summed E-state index contributed by atoms with van der Waals surface area (Å²) in [5.41, 5.74) is 3.35. The Balaban J connectivity index is 1.55. The van der Waals surface area contributed by atoms with Gasteiger partial charge in [-0.05, 0) is 54.2 Å². The molecule has 0 bridgehead atoms. The average molecular weight is 387 g/mol. The van der Waals surface area contributed by atoms with Crippen LogP contribution in [-0.4, -0.2) is 11.1 Å². The van der Waals surface area contributed by atoms with Crippen molar-refractivity contribution in [2.75, 3.05) is 5.33 Å². The Kier molecular flexibility index (Phi) is 6.08. The van der Waals surface area contributed by atoms with E-state index in [4.69, 9.17) is 4.74 Å². The normalized spacial score (nSPS) is 15.2. The van der Waals surface area contributed by atoms with Crippen molar-refractivity contribution >= 4 is 21.7 Å². The van der Waals surface area contributed by atoms with Gasteiger partial charge in [0.05, 0.1) is 5.33 Å². The van der Waals surface area contributed by atoms with Crippen LogP contribution in [0.3, 0.4) is 0 Å². The molecule has 0 saturated heterocycles. The van der Waals surface area contributed by atoms with Crippen LogP contribution in [0.4, 0.5) is 0 Å². The van der Waals surface area contributed by atoms with Crippen LogP contribution in [0, 0.1) is 0 Å². The number of hydrogen-bond acceptors (Lipinski definition) is 2. The van der Waals surface area contributed by atoms with Gasteiger partial charge in [0.1, 0.15) is 12.4 Å². The molecule has 1 aliphatic carbocycles. The van der Waals surface area contributed by atoms with Crippen molar-refractivity contribution < 1.29 is 9.53 Å². The van der Waals surface area contributed by atoms with Gasteiger partial charge >= 0.3 is 0 Å². The van der Waals surface area contributed by atoms with E-state index in [1.807, 2.05) is 24.3 Å². The molecule has 2 aromatic carbocycles. The highest BCUT2D eigenvalue weighted by molar-refractivity contribution is 9.09. The van der Waals surface area contributed by atoms with Gasteiger partial charge in [0.15, 0.2) is 5.78 Å². The van der Waals surface area contributed by atoms with Gasteiger partial charge in [0, 0.05) is 5.56 Å². The van der Waals surface area contributed by atoms with Crippen molar-refractivity contribution in [3.05, 3.63) is 65.2 Å². The Labute approximate surface area is 152 Å². The lowest BCUT2D eigenvalue weighted by Crippen LogP contribution is -2.04. The van der Waals surface area contributed by atoms with Gasteiger partial charge in [-0.1, -0.05) is 59.5 Å². The van der Waals surface area contributed by atoms with E-state index in [1.54, 1.807) is 0 Å². The minimum atomic E-state index is 0.0832. The quantitative estimate of drug-likeness (QED) is 0.456. The summed E-state index contributed by atoms with van der Waals surface area (Å²) in [6, 6.07) is 16.2. The summed E-state index contributed by atoms with van der Waals surface area (Å²) in [5.74, 6) is 1.62. The highest BCUT2D eigenvalue weighted by Gasteiger charge is 2.15. The average Bonchev–Trinajstić information content (AvgIpc) is 2.67. The summed E-state index contributed by atoms with van der Waals surface area (Å²) >= 11 is 3.18. The fourth-order valence-electron chi connectivity index (χ4n) is 3.30. The molecule has 126 valence electrons. The standard InChI is InChI=1S/C21H23BrO2/c22-14-21(23)19-10-12-20(13-11-19)24-15-16-6-8-18(9-7-16)17-4-2-1-3-5-17/h6-13,17H,1-5,14-15H2. The first-order valence-corrected chi connectivity index (χ1v) is 9.79. The van der Waals surface area contributed by atoms with Crippen LogP contribution in [0.5, 0.6) is 5.75 Å². The molecule has 0 unspecified atom stereocenters. The molecule has 2 nitrogen and oxygen atoms in total. The molecule has 0 aliphatic heterocycles. The van der Waals surface area contributed by atoms with E-state index in [0.717, 1.165) is 11.7 Å². The van der Waals surface area contributed by atoms with E-state index in [9.17, 15) is 4.79 Å². The van der Waals surface area contributed by atoms with E-state index in [1.165, 1.54) is 43.2 Å². The zero-order valence-corrected chi connectivity index (χ0v) is 15.4. The number of ether oxygens (including phenoxy) is 1. The molecule has 0 aromatic heterocycles. The smallest absolute Gasteiger partial charge is 0.173 e. The molecule has 0 heterocycles. The van der Waals surface area contributed by atoms with Gasteiger partial charge in [0.25, 0.3) is 0 Å². The highest BCUT2D eigenvalue weighted by Crippen LogP contribution is 2.32. The lowest BCUT2D eigenvalue weighted by Gasteiger charge is -2.22. The second-order valence-corrected chi connectivity index (χ2v) is 7.01. The van der Waals surface area contributed by atoms with Crippen LogP contribution in [0.1, 0.15) is 59.5 Å². The molecule has 1 saturated carbocycles. The zero-order chi connectivity index (χ0) is 16.8. The van der Waals surface area contributed by atoms with Crippen LogP contribution in [0.25, 0.3) is 0 Å². The maximum atomic E-state index is 11.6. The van der Waals surface area contributed by atoms with Crippen LogP contribution < -0.4 is 4.74 Å². The second-order valence-electron chi connectivity index (χ2n) is 6.45. The first kappa shape index (κ1) is 17.2. The second kappa shape index (κ2) is 8.48. The molecule has 1 aliphatic rings. The third-order valence-corrected chi connectivity index (χ3v) is 5.27. The third kappa shape index (κ3) is 4.47. The fourth-order valence-corrected chi connectivity index (χ4v) is 3.63. The molecular formula is C21H23BrO2. The third-order valence-electron chi connectivity index (χ3n) is 4.76. The van der Waals surface area contributed by atoms with Crippen LogP contribution in [-0.2, 0) is 6.61 Å². The molecule has 2 aromatic rings.